The van der Waals surface area contributed by atoms with E-state index in [1.807, 2.05) is 146 Å². The summed E-state index contributed by atoms with van der Waals surface area (Å²) in [5.41, 5.74) is 35.3. The Hall–Kier alpha value is -19.6. The highest BCUT2D eigenvalue weighted by Crippen LogP contribution is 2.44. The number of rotatable bonds is 14. The molecule has 0 spiro atoms. The minimum Gasteiger partial charge on any atom is -0.456 e. The Bertz CT molecular complexity index is 9680. The van der Waals surface area contributed by atoms with Crippen molar-refractivity contribution in [2.45, 2.75) is 0 Å². The minimum atomic E-state index is 0.626. The van der Waals surface area contributed by atoms with E-state index < -0.39 is 0 Å². The Morgan fingerprint density at radius 2 is 0.250 bits per heavy atom. The zero-order chi connectivity index (χ0) is 95.1. The predicted octanol–water partition coefficient (Wildman–Crippen LogP) is 36.2. The fourth-order valence-corrected chi connectivity index (χ4v) is 20.1. The maximum Gasteiger partial charge on any atom is 0.160 e. The fourth-order valence-electron chi connectivity index (χ4n) is 20.1. The van der Waals surface area contributed by atoms with Crippen molar-refractivity contribution in [3.8, 4) is 157 Å². The number of hydrogen-bond donors (Lipinski definition) is 0. The molecule has 674 valence electrons. The van der Waals surface area contributed by atoms with Crippen molar-refractivity contribution in [1.82, 2.24) is 29.9 Å². The van der Waals surface area contributed by atoms with E-state index in [-0.39, 0.29) is 0 Å². The van der Waals surface area contributed by atoms with Crippen LogP contribution in [0.4, 0.5) is 0 Å². The van der Waals surface area contributed by atoms with Crippen LogP contribution in [-0.2, 0) is 0 Å². The molecule has 0 amide bonds. The molecule has 0 radical (unpaired) electrons. The lowest BCUT2D eigenvalue weighted by Crippen LogP contribution is -1.96. The van der Waals surface area contributed by atoms with E-state index in [2.05, 4.69) is 340 Å². The van der Waals surface area contributed by atoms with Crippen molar-refractivity contribution < 1.29 is 26.5 Å². The zero-order valence-corrected chi connectivity index (χ0v) is 77.3. The SMILES string of the molecule is c1ccc(-c2ccc(-c3cccc(-c4cc(-c5ccc6c(c5)oc5ccccc56)nc(-c5ccc6c(c5)oc5ccccc56)n4)c3)cc2)cc1.c1ccc(-c2cccc(-c3cc(-c4ccc5c(c4)oc4ccccc45)nc(-c4ccc5c(c4)oc4ccccc45)n3)c2)cc1.c1ccc(-c2cccc(-c3cccc(-c4cc(-c5ccc6c(c5)oc5ccccc56)nc(-c5ccc6c(c5)oc5ccccc56)n4)c3)c2)cc1. The highest BCUT2D eigenvalue weighted by atomic mass is 16.3. The molecular weight excluding hydrogens is 1770 g/mol. The molecule has 0 saturated carbocycles. The van der Waals surface area contributed by atoms with Gasteiger partial charge in [-0.1, -0.05) is 334 Å². The molecule has 0 aliphatic heterocycles. The van der Waals surface area contributed by atoms with E-state index >= 15 is 0 Å². The van der Waals surface area contributed by atoms with Gasteiger partial charge in [0.15, 0.2) is 17.5 Å². The van der Waals surface area contributed by atoms with Crippen LogP contribution < -0.4 is 0 Å². The van der Waals surface area contributed by atoms with Crippen molar-refractivity contribution in [2.75, 3.05) is 0 Å². The molecule has 9 aromatic heterocycles. The van der Waals surface area contributed by atoms with Gasteiger partial charge in [0.25, 0.3) is 0 Å². The molecule has 0 aliphatic rings. The third-order valence-corrected chi connectivity index (χ3v) is 27.3. The van der Waals surface area contributed by atoms with Crippen LogP contribution in [0.2, 0.25) is 0 Å². The monoisotopic (exact) mass is 1840 g/mol. The van der Waals surface area contributed by atoms with Crippen molar-refractivity contribution in [2.24, 2.45) is 0 Å². The van der Waals surface area contributed by atoms with Crippen LogP contribution >= 0.6 is 0 Å². The van der Waals surface area contributed by atoms with Crippen molar-refractivity contribution in [3.63, 3.8) is 0 Å². The molecule has 0 fully saturated rings. The van der Waals surface area contributed by atoms with Gasteiger partial charge in [-0.3, -0.25) is 0 Å². The summed E-state index contributed by atoms with van der Waals surface area (Å²) >= 11 is 0. The summed E-state index contributed by atoms with van der Waals surface area (Å²) in [5, 5.41) is 13.1. The van der Waals surface area contributed by atoms with E-state index in [0.29, 0.717) is 17.5 Å². The Balaban J connectivity index is 0.000000108. The van der Waals surface area contributed by atoms with Gasteiger partial charge in [-0.2, -0.15) is 0 Å². The van der Waals surface area contributed by atoms with Crippen LogP contribution in [0, 0.1) is 0 Å². The van der Waals surface area contributed by atoms with Gasteiger partial charge in [-0.25, -0.2) is 29.9 Å². The van der Waals surface area contributed by atoms with Crippen molar-refractivity contribution >= 4 is 132 Å². The van der Waals surface area contributed by atoms with E-state index in [4.69, 9.17) is 56.4 Å². The van der Waals surface area contributed by atoms with Gasteiger partial charge in [0.2, 0.25) is 0 Å². The van der Waals surface area contributed by atoms with E-state index in [1.54, 1.807) is 0 Å². The summed E-state index contributed by atoms with van der Waals surface area (Å²) in [6.45, 7) is 0. The normalized spacial score (nSPS) is 11.6. The lowest BCUT2D eigenvalue weighted by molar-refractivity contribution is 0.668. The highest BCUT2D eigenvalue weighted by molar-refractivity contribution is 6.11. The predicted molar refractivity (Wildman–Crippen MR) is 586 cm³/mol. The van der Waals surface area contributed by atoms with Gasteiger partial charge in [0.1, 0.15) is 67.0 Å². The summed E-state index contributed by atoms with van der Waals surface area (Å²) < 4.78 is 37.5. The van der Waals surface area contributed by atoms with Crippen LogP contribution in [-0.4, -0.2) is 29.9 Å². The van der Waals surface area contributed by atoms with E-state index in [0.717, 1.165) is 249 Å². The minimum absolute atomic E-state index is 0.626. The summed E-state index contributed by atoms with van der Waals surface area (Å²) in [7, 11) is 0. The topological polar surface area (TPSA) is 156 Å². The molecule has 0 N–H and O–H groups in total. The quantitative estimate of drug-likeness (QED) is 0.102. The molecule has 144 heavy (non-hydrogen) atoms. The van der Waals surface area contributed by atoms with Gasteiger partial charge in [0.05, 0.1) is 34.2 Å². The standard InChI is InChI=1S/2C46H28N2O2.C40H24N2O2/c1-2-10-29(11-3-1)30-12-8-13-31(24-30)32-14-9-15-33(25-32)40-28-41(34-20-22-38-36-16-4-6-18-42(36)49-44(38)26-34)48-46(47-40)35-21-23-39-37-17-5-7-19-43(37)50-45(39)27-35;1-2-9-29(10-3-1)30-17-19-31(20-18-30)32-11-8-12-33(25-32)40-28-41(34-21-23-38-36-13-4-6-15-42(36)49-44(38)26-34)48-46(47-40)35-22-24-39-37-14-5-7-16-43(37)50-45(39)27-35;1-2-9-25(10-3-1)26-11-8-12-27(21-26)34-24-35(28-17-19-32-30-13-4-6-15-36(30)43-38(32)22-28)42-40(41-34)29-18-20-33-31-14-5-7-16-37(31)44-39(33)23-29/h2*1-28H;1-24H. The number of furan rings is 6. The number of para-hydroxylation sites is 6. The first kappa shape index (κ1) is 83.8. The largest absolute Gasteiger partial charge is 0.456 e. The molecule has 29 aromatic rings. The van der Waals surface area contributed by atoms with Gasteiger partial charge in [-0.15, -0.1) is 0 Å². The average Bonchev–Trinajstić information content (AvgIpc) is 1.57. The molecule has 9 heterocycles. The van der Waals surface area contributed by atoms with Gasteiger partial charge < -0.3 is 26.5 Å². The van der Waals surface area contributed by atoms with Crippen LogP contribution in [0.25, 0.3) is 289 Å². The van der Waals surface area contributed by atoms with Crippen LogP contribution in [0.3, 0.4) is 0 Å². The third-order valence-electron chi connectivity index (χ3n) is 27.3. The molecule has 12 heteroatoms. The Morgan fingerprint density at radius 1 is 0.0972 bits per heavy atom. The molecule has 0 saturated heterocycles. The molecule has 0 aliphatic carbocycles. The summed E-state index contributed by atoms with van der Waals surface area (Å²) in [6.07, 6.45) is 0. The van der Waals surface area contributed by atoms with E-state index in [9.17, 15) is 0 Å². The maximum atomic E-state index is 6.27. The number of aromatic nitrogens is 6. The molecule has 12 nitrogen and oxygen atoms in total. The number of fused-ring (bicyclic) bond motifs is 18. The van der Waals surface area contributed by atoms with E-state index in [1.165, 1.54) is 22.3 Å². The molecule has 0 unspecified atom stereocenters. The molecule has 0 atom stereocenters. The zero-order valence-electron chi connectivity index (χ0n) is 77.3. The highest BCUT2D eigenvalue weighted by Gasteiger charge is 2.23. The first-order chi connectivity index (χ1) is 71.2. The lowest BCUT2D eigenvalue weighted by atomic mass is 9.97. The fraction of sp³-hybridized carbons (Fsp3) is 0. The molecule has 29 rings (SSSR count). The maximum absolute atomic E-state index is 6.27. The molecular formula is C132H80N6O6. The number of benzene rings is 20. The second-order valence-electron chi connectivity index (χ2n) is 36.2. The van der Waals surface area contributed by atoms with Gasteiger partial charge in [-0.05, 0) is 207 Å². The second-order valence-corrected chi connectivity index (χ2v) is 36.2. The average molecular weight is 1850 g/mol. The van der Waals surface area contributed by atoms with Crippen LogP contribution in [0.1, 0.15) is 0 Å². The van der Waals surface area contributed by atoms with Crippen LogP contribution in [0.15, 0.2) is 512 Å². The first-order valence-electron chi connectivity index (χ1n) is 48.1. The number of hydrogen-bond acceptors (Lipinski definition) is 12. The summed E-state index contributed by atoms with van der Waals surface area (Å²) in [6, 6.07) is 167. The second kappa shape index (κ2) is 35.5. The lowest BCUT2D eigenvalue weighted by Gasteiger charge is -2.11. The summed E-state index contributed by atoms with van der Waals surface area (Å²) in [5.74, 6) is 1.89. The Kier molecular flexibility index (Phi) is 20.6. The Labute approximate surface area is 825 Å². The molecule has 20 aromatic carbocycles. The van der Waals surface area contributed by atoms with Crippen molar-refractivity contribution in [3.05, 3.63) is 485 Å². The first-order valence-corrected chi connectivity index (χ1v) is 48.1. The van der Waals surface area contributed by atoms with Gasteiger partial charge >= 0.3 is 0 Å². The van der Waals surface area contributed by atoms with Crippen LogP contribution in [0.5, 0.6) is 0 Å². The van der Waals surface area contributed by atoms with Gasteiger partial charge in [0, 0.05) is 115 Å². The summed E-state index contributed by atoms with van der Waals surface area (Å²) in [4.78, 5) is 30.9. The molecule has 0 bridgehead atoms. The smallest absolute Gasteiger partial charge is 0.160 e. The number of nitrogens with zero attached hydrogens (tertiary/aromatic N) is 6. The third kappa shape index (κ3) is 15.8. The van der Waals surface area contributed by atoms with Crippen molar-refractivity contribution in [1.29, 1.82) is 0 Å². The Morgan fingerprint density at radius 3 is 0.500 bits per heavy atom.